The zero-order valence-electron chi connectivity index (χ0n) is 12.4. The number of anilines is 1. The van der Waals surface area contributed by atoms with E-state index in [0.717, 1.165) is 5.56 Å². The van der Waals surface area contributed by atoms with E-state index in [-0.39, 0.29) is 0 Å². The molecule has 0 bridgehead atoms. The van der Waals surface area contributed by atoms with Gasteiger partial charge in [0.05, 0.1) is 0 Å². The SMILES string of the molecule is CN(Cc1ccc2nonc2c1)[C@@H](C(=O)O)c1ccc(N)nc1. The number of aromatic nitrogens is 3. The molecule has 0 radical (unpaired) electrons. The van der Waals surface area contributed by atoms with Crippen molar-refractivity contribution in [2.45, 2.75) is 12.6 Å². The van der Waals surface area contributed by atoms with Crippen LogP contribution in [-0.2, 0) is 11.3 Å². The first-order valence-corrected chi connectivity index (χ1v) is 6.90. The molecule has 1 aromatic carbocycles. The summed E-state index contributed by atoms with van der Waals surface area (Å²) in [5, 5.41) is 17.1. The van der Waals surface area contributed by atoms with Gasteiger partial charge in [0.2, 0.25) is 0 Å². The van der Waals surface area contributed by atoms with E-state index in [1.165, 1.54) is 6.20 Å². The van der Waals surface area contributed by atoms with E-state index in [2.05, 4.69) is 19.9 Å². The van der Waals surface area contributed by atoms with Gasteiger partial charge in [0.25, 0.3) is 0 Å². The van der Waals surface area contributed by atoms with E-state index < -0.39 is 12.0 Å². The number of hydrogen-bond acceptors (Lipinski definition) is 7. The van der Waals surface area contributed by atoms with Gasteiger partial charge in [-0.25, -0.2) is 9.61 Å². The Bertz CT molecular complexity index is 831. The second kappa shape index (κ2) is 6.01. The standard InChI is InChI=1S/C15H15N5O3/c1-20(8-9-2-4-11-12(6-9)19-23-18-11)14(15(21)22)10-3-5-13(16)17-7-10/h2-7,14H,8H2,1H3,(H2,16,17)(H,21,22)/t14-/m1/s1. The highest BCUT2D eigenvalue weighted by Crippen LogP contribution is 2.22. The molecule has 0 unspecified atom stereocenters. The molecule has 0 spiro atoms. The minimum atomic E-state index is -0.955. The van der Waals surface area contributed by atoms with Crippen LogP contribution in [0.25, 0.3) is 11.0 Å². The Kier molecular flexibility index (Phi) is 3.90. The summed E-state index contributed by atoms with van der Waals surface area (Å²) in [4.78, 5) is 17.3. The van der Waals surface area contributed by atoms with E-state index in [1.54, 1.807) is 30.1 Å². The molecule has 0 aliphatic heterocycles. The summed E-state index contributed by atoms with van der Waals surface area (Å²) in [5.74, 6) is -0.604. The number of likely N-dealkylation sites (N-methyl/N-ethyl adjacent to an activating group) is 1. The maximum atomic E-state index is 11.6. The van der Waals surface area contributed by atoms with Gasteiger partial charge < -0.3 is 10.8 Å². The van der Waals surface area contributed by atoms with Gasteiger partial charge >= 0.3 is 5.97 Å². The van der Waals surface area contributed by atoms with Crippen molar-refractivity contribution in [3.8, 4) is 0 Å². The Balaban J connectivity index is 1.84. The van der Waals surface area contributed by atoms with Crippen molar-refractivity contribution in [1.82, 2.24) is 20.2 Å². The lowest BCUT2D eigenvalue weighted by molar-refractivity contribution is -0.143. The average molecular weight is 313 g/mol. The number of nitrogen functional groups attached to an aromatic ring is 1. The largest absolute Gasteiger partial charge is 0.480 e. The van der Waals surface area contributed by atoms with Crippen molar-refractivity contribution in [2.24, 2.45) is 0 Å². The molecular weight excluding hydrogens is 298 g/mol. The predicted octanol–water partition coefficient (Wildman–Crippen LogP) is 1.46. The second-order valence-electron chi connectivity index (χ2n) is 5.26. The number of carboxylic acids is 1. The summed E-state index contributed by atoms with van der Waals surface area (Å²) in [6.07, 6.45) is 1.48. The van der Waals surface area contributed by atoms with Gasteiger partial charge in [0.15, 0.2) is 0 Å². The molecular formula is C15H15N5O3. The number of aliphatic carboxylic acids is 1. The lowest BCUT2D eigenvalue weighted by atomic mass is 10.1. The highest BCUT2D eigenvalue weighted by molar-refractivity contribution is 5.76. The van der Waals surface area contributed by atoms with Gasteiger partial charge in [-0.2, -0.15) is 0 Å². The lowest BCUT2D eigenvalue weighted by Gasteiger charge is -2.24. The molecule has 23 heavy (non-hydrogen) atoms. The van der Waals surface area contributed by atoms with Gasteiger partial charge in [-0.05, 0) is 46.7 Å². The van der Waals surface area contributed by atoms with Crippen molar-refractivity contribution in [3.05, 3.63) is 47.7 Å². The number of rotatable bonds is 5. The molecule has 0 aliphatic rings. The van der Waals surface area contributed by atoms with E-state index in [1.807, 2.05) is 12.1 Å². The number of carboxylic acid groups (broad SMARTS) is 1. The minimum Gasteiger partial charge on any atom is -0.480 e. The Morgan fingerprint density at radius 2 is 2.09 bits per heavy atom. The summed E-state index contributed by atoms with van der Waals surface area (Å²) in [6.45, 7) is 0.421. The maximum absolute atomic E-state index is 11.6. The third-order valence-electron chi connectivity index (χ3n) is 3.55. The Labute approximate surface area is 131 Å². The summed E-state index contributed by atoms with van der Waals surface area (Å²) in [7, 11) is 1.74. The molecule has 118 valence electrons. The van der Waals surface area contributed by atoms with Crippen molar-refractivity contribution in [1.29, 1.82) is 0 Å². The number of hydrogen-bond donors (Lipinski definition) is 2. The summed E-state index contributed by atoms with van der Waals surface area (Å²) in [5.41, 5.74) is 8.32. The van der Waals surface area contributed by atoms with Gasteiger partial charge in [0, 0.05) is 12.7 Å². The lowest BCUT2D eigenvalue weighted by Crippen LogP contribution is -2.30. The fraction of sp³-hybridized carbons (Fsp3) is 0.200. The fourth-order valence-electron chi connectivity index (χ4n) is 2.47. The second-order valence-corrected chi connectivity index (χ2v) is 5.26. The molecule has 3 aromatic rings. The third kappa shape index (κ3) is 3.11. The molecule has 1 atom stereocenters. The van der Waals surface area contributed by atoms with E-state index >= 15 is 0 Å². The van der Waals surface area contributed by atoms with Crippen LogP contribution >= 0.6 is 0 Å². The van der Waals surface area contributed by atoms with Crippen LogP contribution in [0.2, 0.25) is 0 Å². The van der Waals surface area contributed by atoms with Crippen molar-refractivity contribution >= 4 is 22.8 Å². The zero-order valence-corrected chi connectivity index (χ0v) is 12.4. The van der Waals surface area contributed by atoms with E-state index in [4.69, 9.17) is 5.73 Å². The summed E-state index contributed by atoms with van der Waals surface area (Å²) < 4.78 is 4.66. The Hall–Kier alpha value is -3.00. The monoisotopic (exact) mass is 313 g/mol. The molecule has 0 saturated heterocycles. The van der Waals surface area contributed by atoms with Crippen molar-refractivity contribution in [3.63, 3.8) is 0 Å². The van der Waals surface area contributed by atoms with Crippen molar-refractivity contribution in [2.75, 3.05) is 12.8 Å². The van der Waals surface area contributed by atoms with Crippen LogP contribution in [0.4, 0.5) is 5.82 Å². The third-order valence-corrected chi connectivity index (χ3v) is 3.55. The molecule has 2 aromatic heterocycles. The number of nitrogens with two attached hydrogens (primary N) is 1. The summed E-state index contributed by atoms with van der Waals surface area (Å²) >= 11 is 0. The summed E-state index contributed by atoms with van der Waals surface area (Å²) in [6, 6.07) is 7.91. The molecule has 2 heterocycles. The Morgan fingerprint density at radius 1 is 1.30 bits per heavy atom. The number of fused-ring (bicyclic) bond motifs is 1. The maximum Gasteiger partial charge on any atom is 0.325 e. The quantitative estimate of drug-likeness (QED) is 0.726. The molecule has 3 N–H and O–H groups in total. The molecule has 0 fully saturated rings. The molecule has 0 amide bonds. The predicted molar refractivity (Wildman–Crippen MR) is 82.3 cm³/mol. The first kappa shape index (κ1) is 14.9. The number of pyridine rings is 1. The fourth-order valence-corrected chi connectivity index (χ4v) is 2.47. The highest BCUT2D eigenvalue weighted by atomic mass is 16.6. The smallest absolute Gasteiger partial charge is 0.325 e. The van der Waals surface area contributed by atoms with E-state index in [0.29, 0.717) is 29.0 Å². The molecule has 8 heteroatoms. The van der Waals surface area contributed by atoms with Crippen LogP contribution in [0.5, 0.6) is 0 Å². The minimum absolute atomic E-state index is 0.351. The van der Waals surface area contributed by atoms with Gasteiger partial charge in [-0.15, -0.1) is 0 Å². The number of benzene rings is 1. The van der Waals surface area contributed by atoms with Crippen LogP contribution in [0, 0.1) is 0 Å². The van der Waals surface area contributed by atoms with Crippen LogP contribution < -0.4 is 5.73 Å². The van der Waals surface area contributed by atoms with Gasteiger partial charge in [-0.3, -0.25) is 9.69 Å². The molecule has 3 rings (SSSR count). The highest BCUT2D eigenvalue weighted by Gasteiger charge is 2.25. The van der Waals surface area contributed by atoms with Gasteiger partial charge in [-0.1, -0.05) is 12.1 Å². The first-order chi connectivity index (χ1) is 11.0. The van der Waals surface area contributed by atoms with Crippen LogP contribution in [-0.4, -0.2) is 38.3 Å². The van der Waals surface area contributed by atoms with Gasteiger partial charge in [0.1, 0.15) is 22.9 Å². The molecule has 0 aliphatic carbocycles. The van der Waals surface area contributed by atoms with Crippen molar-refractivity contribution < 1.29 is 14.5 Å². The van der Waals surface area contributed by atoms with Crippen LogP contribution in [0.3, 0.4) is 0 Å². The van der Waals surface area contributed by atoms with E-state index in [9.17, 15) is 9.90 Å². The van der Waals surface area contributed by atoms with Crippen LogP contribution in [0.15, 0.2) is 41.2 Å². The number of nitrogens with zero attached hydrogens (tertiary/aromatic N) is 4. The molecule has 8 nitrogen and oxygen atoms in total. The topological polar surface area (TPSA) is 118 Å². The number of carbonyl (C=O) groups is 1. The van der Waals surface area contributed by atoms with Crippen LogP contribution in [0.1, 0.15) is 17.2 Å². The first-order valence-electron chi connectivity index (χ1n) is 6.90. The normalized spacial score (nSPS) is 12.6. The Morgan fingerprint density at radius 3 is 2.78 bits per heavy atom. The molecule has 0 saturated carbocycles. The zero-order chi connectivity index (χ0) is 16.4. The average Bonchev–Trinajstić information content (AvgIpc) is 2.96.